The van der Waals surface area contributed by atoms with Crippen LogP contribution < -0.4 is 5.73 Å². The van der Waals surface area contributed by atoms with E-state index in [1.165, 1.54) is 5.56 Å². The average molecular weight is 467 g/mol. The van der Waals surface area contributed by atoms with Crippen molar-refractivity contribution in [2.75, 3.05) is 13.6 Å². The highest BCUT2D eigenvalue weighted by Gasteiger charge is 2.45. The van der Waals surface area contributed by atoms with E-state index < -0.39 is 23.2 Å². The third-order valence-corrected chi connectivity index (χ3v) is 5.76. The van der Waals surface area contributed by atoms with E-state index in [-0.39, 0.29) is 18.8 Å². The highest BCUT2D eigenvalue weighted by atomic mass is 35.5. The van der Waals surface area contributed by atoms with Crippen molar-refractivity contribution in [2.45, 2.75) is 30.8 Å². The fourth-order valence-corrected chi connectivity index (χ4v) is 3.98. The number of ketones is 1. The number of carboxylic acid groups (broad SMARTS) is 1. The minimum atomic E-state index is -1.97. The number of aliphatic carboxylic acids is 1. The molecule has 0 aliphatic carbocycles. The van der Waals surface area contributed by atoms with Crippen molar-refractivity contribution >= 4 is 24.2 Å². The molecule has 5 nitrogen and oxygen atoms in total. The van der Waals surface area contributed by atoms with E-state index in [2.05, 4.69) is 17.0 Å². The van der Waals surface area contributed by atoms with Crippen LogP contribution in [0.2, 0.25) is 0 Å². The zero-order chi connectivity index (χ0) is 23.0. The molecule has 6 heteroatoms. The van der Waals surface area contributed by atoms with Crippen molar-refractivity contribution < 1.29 is 14.7 Å². The summed E-state index contributed by atoms with van der Waals surface area (Å²) in [5, 5.41) is 9.99. The molecule has 0 fully saturated rings. The molecule has 174 valence electrons. The third kappa shape index (κ3) is 6.75. The zero-order valence-electron chi connectivity index (χ0n) is 18.8. The van der Waals surface area contributed by atoms with Gasteiger partial charge in [-0.2, -0.15) is 0 Å². The molecular weight excluding hydrogens is 436 g/mol. The SMILES string of the molecule is CN(CCC[C@](N)(C(=O)O)C(=O)C(c1ccccc1)c1ccccc1)Cc1ccccc1.Cl. The Labute approximate surface area is 201 Å². The first-order chi connectivity index (χ1) is 15.4. The highest BCUT2D eigenvalue weighted by molar-refractivity contribution is 6.11. The predicted molar refractivity (Wildman–Crippen MR) is 134 cm³/mol. The summed E-state index contributed by atoms with van der Waals surface area (Å²) in [6.07, 6.45) is 0.560. The number of nitrogens with two attached hydrogens (primary N) is 1. The first kappa shape index (κ1) is 26.3. The maximum absolute atomic E-state index is 13.7. The number of hydrogen-bond donors (Lipinski definition) is 2. The van der Waals surface area contributed by atoms with E-state index in [4.69, 9.17) is 5.73 Å². The van der Waals surface area contributed by atoms with Crippen molar-refractivity contribution in [3.05, 3.63) is 108 Å². The van der Waals surface area contributed by atoms with Crippen LogP contribution in [0.4, 0.5) is 0 Å². The summed E-state index contributed by atoms with van der Waals surface area (Å²) >= 11 is 0. The molecule has 0 bridgehead atoms. The topological polar surface area (TPSA) is 83.6 Å². The predicted octanol–water partition coefficient (Wildman–Crippen LogP) is 4.50. The lowest BCUT2D eigenvalue weighted by molar-refractivity contribution is -0.149. The highest BCUT2D eigenvalue weighted by Crippen LogP contribution is 2.31. The summed E-state index contributed by atoms with van der Waals surface area (Å²) in [6.45, 7) is 1.38. The molecule has 0 aliphatic heterocycles. The number of halogens is 1. The van der Waals surface area contributed by atoms with Crippen LogP contribution in [0.1, 0.15) is 35.4 Å². The van der Waals surface area contributed by atoms with Crippen LogP contribution in [-0.4, -0.2) is 40.9 Å². The number of nitrogens with zero attached hydrogens (tertiary/aromatic N) is 1. The standard InChI is InChI=1S/C27H30N2O3.ClH/c1-29(20-21-12-5-2-6-13-21)19-11-18-27(28,26(31)32)25(30)24(22-14-7-3-8-15-22)23-16-9-4-10-17-23;/h2-10,12-17,24H,11,18-20,28H2,1H3,(H,31,32);1H/t27-;/m1./s1. The molecule has 0 aliphatic rings. The Morgan fingerprint density at radius 1 is 0.879 bits per heavy atom. The molecular formula is C27H31ClN2O3. The number of rotatable bonds is 11. The Kier molecular flexibility index (Phi) is 9.79. The fourth-order valence-electron chi connectivity index (χ4n) is 3.98. The smallest absolute Gasteiger partial charge is 0.331 e. The van der Waals surface area contributed by atoms with Crippen LogP contribution in [0.25, 0.3) is 0 Å². The number of Topliss-reactive ketones (excluding diaryl/α,β-unsaturated/α-hetero) is 1. The molecule has 0 unspecified atom stereocenters. The Morgan fingerprint density at radius 2 is 1.33 bits per heavy atom. The second kappa shape index (κ2) is 12.3. The number of benzene rings is 3. The van der Waals surface area contributed by atoms with Crippen molar-refractivity contribution in [1.82, 2.24) is 4.90 Å². The number of carbonyl (C=O) groups is 2. The molecule has 0 aromatic heterocycles. The minimum absolute atomic E-state index is 0. The Bertz CT molecular complexity index is 976. The van der Waals surface area contributed by atoms with Gasteiger partial charge in [0, 0.05) is 6.54 Å². The van der Waals surface area contributed by atoms with Gasteiger partial charge in [-0.1, -0.05) is 91.0 Å². The zero-order valence-corrected chi connectivity index (χ0v) is 19.6. The van der Waals surface area contributed by atoms with Crippen LogP contribution in [-0.2, 0) is 16.1 Å². The van der Waals surface area contributed by atoms with Gasteiger partial charge in [0.15, 0.2) is 11.3 Å². The molecule has 3 rings (SSSR count). The summed E-state index contributed by atoms with van der Waals surface area (Å²) in [5.74, 6) is -2.52. The lowest BCUT2D eigenvalue weighted by atomic mass is 9.77. The van der Waals surface area contributed by atoms with Gasteiger partial charge in [0.25, 0.3) is 0 Å². The molecule has 0 saturated heterocycles. The van der Waals surface area contributed by atoms with E-state index in [1.54, 1.807) is 0 Å². The van der Waals surface area contributed by atoms with Crippen LogP contribution >= 0.6 is 12.4 Å². The van der Waals surface area contributed by atoms with E-state index in [1.807, 2.05) is 85.9 Å². The van der Waals surface area contributed by atoms with Gasteiger partial charge < -0.3 is 15.7 Å². The molecule has 0 amide bonds. The van der Waals surface area contributed by atoms with E-state index in [9.17, 15) is 14.7 Å². The summed E-state index contributed by atoms with van der Waals surface area (Å²) in [6, 6.07) is 28.5. The van der Waals surface area contributed by atoms with Crippen LogP contribution in [0.15, 0.2) is 91.0 Å². The van der Waals surface area contributed by atoms with Gasteiger partial charge in [-0.3, -0.25) is 4.79 Å². The maximum Gasteiger partial charge on any atom is 0.331 e. The maximum atomic E-state index is 13.7. The molecule has 0 spiro atoms. The van der Waals surface area contributed by atoms with Gasteiger partial charge in [-0.25, -0.2) is 4.79 Å². The monoisotopic (exact) mass is 466 g/mol. The Balaban J connectivity index is 0.00000385. The average Bonchev–Trinajstić information content (AvgIpc) is 2.81. The van der Waals surface area contributed by atoms with Crippen molar-refractivity contribution in [1.29, 1.82) is 0 Å². The van der Waals surface area contributed by atoms with E-state index in [0.29, 0.717) is 13.0 Å². The largest absolute Gasteiger partial charge is 0.480 e. The number of carboxylic acids is 1. The van der Waals surface area contributed by atoms with Gasteiger partial charge in [-0.05, 0) is 43.1 Å². The van der Waals surface area contributed by atoms with Gasteiger partial charge in [0.2, 0.25) is 0 Å². The first-order valence-corrected chi connectivity index (χ1v) is 10.8. The Hall–Kier alpha value is -2.99. The molecule has 3 aromatic rings. The summed E-state index contributed by atoms with van der Waals surface area (Å²) in [5.41, 5.74) is 7.01. The molecule has 33 heavy (non-hydrogen) atoms. The number of carbonyl (C=O) groups excluding carboxylic acids is 1. The van der Waals surface area contributed by atoms with Crippen LogP contribution in [0.5, 0.6) is 0 Å². The second-order valence-corrected chi connectivity index (χ2v) is 8.22. The van der Waals surface area contributed by atoms with Gasteiger partial charge in [-0.15, -0.1) is 12.4 Å². The molecule has 3 aromatic carbocycles. The third-order valence-electron chi connectivity index (χ3n) is 5.76. The summed E-state index contributed by atoms with van der Waals surface area (Å²) in [7, 11) is 1.98. The molecule has 3 N–H and O–H groups in total. The quantitative estimate of drug-likeness (QED) is 0.406. The van der Waals surface area contributed by atoms with Crippen molar-refractivity contribution in [3.63, 3.8) is 0 Å². The molecule has 0 heterocycles. The summed E-state index contributed by atoms with van der Waals surface area (Å²) < 4.78 is 0. The lowest BCUT2D eigenvalue weighted by Gasteiger charge is -2.29. The normalized spacial score (nSPS) is 12.7. The molecule has 1 atom stereocenters. The van der Waals surface area contributed by atoms with Crippen molar-refractivity contribution in [3.8, 4) is 0 Å². The lowest BCUT2D eigenvalue weighted by Crippen LogP contribution is -2.57. The van der Waals surface area contributed by atoms with Gasteiger partial charge in [0.1, 0.15) is 0 Å². The van der Waals surface area contributed by atoms with Crippen LogP contribution in [0, 0.1) is 0 Å². The van der Waals surface area contributed by atoms with Gasteiger partial charge in [0.05, 0.1) is 5.92 Å². The summed E-state index contributed by atoms with van der Waals surface area (Å²) in [4.78, 5) is 28.0. The van der Waals surface area contributed by atoms with E-state index >= 15 is 0 Å². The fraction of sp³-hybridized carbons (Fsp3) is 0.259. The van der Waals surface area contributed by atoms with Gasteiger partial charge >= 0.3 is 5.97 Å². The minimum Gasteiger partial charge on any atom is -0.480 e. The van der Waals surface area contributed by atoms with E-state index in [0.717, 1.165) is 17.7 Å². The molecule has 0 saturated carbocycles. The first-order valence-electron chi connectivity index (χ1n) is 10.8. The van der Waals surface area contributed by atoms with Crippen molar-refractivity contribution in [2.24, 2.45) is 5.73 Å². The second-order valence-electron chi connectivity index (χ2n) is 8.22. The Morgan fingerprint density at radius 3 is 1.79 bits per heavy atom. The molecule has 0 radical (unpaired) electrons. The number of hydrogen-bond acceptors (Lipinski definition) is 4. The van der Waals surface area contributed by atoms with Crippen LogP contribution in [0.3, 0.4) is 0 Å².